The number of hydrogen-bond donors (Lipinski definition) is 1. The Bertz CT molecular complexity index is 379. The van der Waals surface area contributed by atoms with E-state index in [0.717, 1.165) is 5.92 Å². The van der Waals surface area contributed by atoms with Crippen LogP contribution < -0.4 is 5.32 Å². The van der Waals surface area contributed by atoms with E-state index >= 15 is 0 Å². The van der Waals surface area contributed by atoms with Gasteiger partial charge in [0.1, 0.15) is 0 Å². The topological polar surface area (TPSA) is 12.0 Å². The molecule has 0 radical (unpaired) electrons. The summed E-state index contributed by atoms with van der Waals surface area (Å²) in [5.41, 5.74) is 4.74. The number of rotatable bonds is 4. The molecule has 1 saturated carbocycles. The minimum atomic E-state index is 0.708. The van der Waals surface area contributed by atoms with Gasteiger partial charge >= 0.3 is 0 Å². The van der Waals surface area contributed by atoms with Crippen molar-refractivity contribution in [3.63, 3.8) is 0 Å². The van der Waals surface area contributed by atoms with Gasteiger partial charge in [-0.2, -0.15) is 0 Å². The Kier molecular flexibility index (Phi) is 2.72. The Hall–Kier alpha value is -0.820. The Morgan fingerprint density at radius 1 is 1.25 bits per heavy atom. The first kappa shape index (κ1) is 10.3. The van der Waals surface area contributed by atoms with Gasteiger partial charge in [0.25, 0.3) is 0 Å². The van der Waals surface area contributed by atoms with Gasteiger partial charge in [-0.15, -0.1) is 0 Å². The molecule has 0 heterocycles. The Morgan fingerprint density at radius 3 is 2.81 bits per heavy atom. The van der Waals surface area contributed by atoms with Gasteiger partial charge in [0, 0.05) is 6.04 Å². The molecule has 3 rings (SSSR count). The average molecular weight is 215 g/mol. The highest BCUT2D eigenvalue weighted by Gasteiger charge is 2.30. The summed E-state index contributed by atoms with van der Waals surface area (Å²) in [5.74, 6) is 0.943. The molecule has 0 aliphatic heterocycles. The Morgan fingerprint density at radius 2 is 2.06 bits per heavy atom. The van der Waals surface area contributed by atoms with Gasteiger partial charge in [-0.25, -0.2) is 0 Å². The van der Waals surface area contributed by atoms with E-state index in [9.17, 15) is 0 Å². The summed E-state index contributed by atoms with van der Waals surface area (Å²) in [6.45, 7) is 0. The van der Waals surface area contributed by atoms with Crippen LogP contribution in [-0.4, -0.2) is 13.1 Å². The maximum absolute atomic E-state index is 3.48. The molecule has 0 saturated heterocycles. The van der Waals surface area contributed by atoms with Crippen LogP contribution in [0.4, 0.5) is 0 Å². The highest BCUT2D eigenvalue weighted by atomic mass is 14.9. The minimum absolute atomic E-state index is 0.708. The largest absolute Gasteiger partial charge is 0.316 e. The van der Waals surface area contributed by atoms with E-state index < -0.39 is 0 Å². The molecule has 1 N–H and O–H groups in total. The third-order valence-corrected chi connectivity index (χ3v) is 4.18. The van der Waals surface area contributed by atoms with Crippen LogP contribution in [0, 0.1) is 5.92 Å². The molecule has 2 aliphatic rings. The number of fused-ring (bicyclic) bond motifs is 1. The van der Waals surface area contributed by atoms with Crippen molar-refractivity contribution in [3.8, 4) is 0 Å². The molecule has 0 bridgehead atoms. The molecule has 0 aromatic heterocycles. The van der Waals surface area contributed by atoms with Crippen molar-refractivity contribution < 1.29 is 0 Å². The van der Waals surface area contributed by atoms with Crippen LogP contribution in [-0.2, 0) is 19.3 Å². The molecule has 86 valence electrons. The van der Waals surface area contributed by atoms with Crippen LogP contribution in [0.2, 0.25) is 0 Å². The lowest BCUT2D eigenvalue weighted by molar-refractivity contribution is 0.500. The third-order valence-electron chi connectivity index (χ3n) is 4.18. The molecule has 0 spiro atoms. The van der Waals surface area contributed by atoms with Crippen molar-refractivity contribution in [3.05, 3.63) is 34.9 Å². The zero-order chi connectivity index (χ0) is 11.0. The third kappa shape index (κ3) is 2.01. The van der Waals surface area contributed by atoms with Crippen LogP contribution in [0.25, 0.3) is 0 Å². The maximum atomic E-state index is 3.48. The van der Waals surface area contributed by atoms with Crippen LogP contribution in [0.1, 0.15) is 36.0 Å². The summed E-state index contributed by atoms with van der Waals surface area (Å²) < 4.78 is 0. The van der Waals surface area contributed by atoms with Crippen molar-refractivity contribution in [2.45, 2.75) is 44.6 Å². The summed E-state index contributed by atoms with van der Waals surface area (Å²) in [6.07, 6.45) is 8.03. The summed E-state index contributed by atoms with van der Waals surface area (Å²) in [4.78, 5) is 0. The van der Waals surface area contributed by atoms with Crippen molar-refractivity contribution in [1.82, 2.24) is 5.32 Å². The van der Waals surface area contributed by atoms with Crippen LogP contribution in [0.15, 0.2) is 18.2 Å². The first-order valence-corrected chi connectivity index (χ1v) is 6.65. The summed E-state index contributed by atoms with van der Waals surface area (Å²) in [5, 5.41) is 3.48. The van der Waals surface area contributed by atoms with Crippen molar-refractivity contribution in [2.75, 3.05) is 7.05 Å². The quantitative estimate of drug-likeness (QED) is 0.814. The number of likely N-dealkylation sites (N-methyl/N-ethyl adjacent to an activating group) is 1. The molecule has 1 unspecified atom stereocenters. The summed E-state index contributed by atoms with van der Waals surface area (Å²) in [6, 6.07) is 7.86. The molecule has 1 fully saturated rings. The molecule has 16 heavy (non-hydrogen) atoms. The van der Waals surface area contributed by atoms with Crippen LogP contribution in [0.5, 0.6) is 0 Å². The molecule has 2 aliphatic carbocycles. The second-order valence-corrected chi connectivity index (χ2v) is 5.39. The fourth-order valence-electron chi connectivity index (χ4n) is 3.01. The average Bonchev–Trinajstić information content (AvgIpc) is 3.04. The van der Waals surface area contributed by atoms with Gasteiger partial charge in [0.15, 0.2) is 0 Å². The predicted octanol–water partition coefficient (Wildman–Crippen LogP) is 2.72. The highest BCUT2D eigenvalue weighted by molar-refractivity contribution is 5.35. The summed E-state index contributed by atoms with van der Waals surface area (Å²) >= 11 is 0. The molecule has 1 heteroatoms. The normalized spacial score (nSPS) is 20.8. The smallest absolute Gasteiger partial charge is 0.0133 e. The van der Waals surface area contributed by atoms with Gasteiger partial charge in [-0.1, -0.05) is 18.2 Å². The van der Waals surface area contributed by atoms with Gasteiger partial charge in [0.05, 0.1) is 0 Å². The number of benzene rings is 1. The van der Waals surface area contributed by atoms with Gasteiger partial charge in [-0.3, -0.25) is 0 Å². The van der Waals surface area contributed by atoms with Crippen molar-refractivity contribution >= 4 is 0 Å². The van der Waals surface area contributed by atoms with Crippen molar-refractivity contribution in [1.29, 1.82) is 0 Å². The van der Waals surface area contributed by atoms with E-state index in [-0.39, 0.29) is 0 Å². The fraction of sp³-hybridized carbons (Fsp3) is 0.600. The Labute approximate surface area is 98.3 Å². The lowest BCUT2D eigenvalue weighted by atomic mass is 9.99. The predicted molar refractivity (Wildman–Crippen MR) is 67.7 cm³/mol. The fourth-order valence-corrected chi connectivity index (χ4v) is 3.01. The molecule has 1 atom stereocenters. The standard InChI is InChI=1S/C15H21N/c1-16-15(13-7-8-13)10-11-5-6-12-3-2-4-14(12)9-11/h5-6,9,13,15-16H,2-4,7-8,10H2,1H3. The second-order valence-electron chi connectivity index (χ2n) is 5.39. The van der Waals surface area contributed by atoms with Crippen LogP contribution in [0.3, 0.4) is 0 Å². The van der Waals surface area contributed by atoms with Gasteiger partial charge in [-0.05, 0) is 68.2 Å². The van der Waals surface area contributed by atoms with E-state index in [0.29, 0.717) is 6.04 Å². The number of aryl methyl sites for hydroxylation is 2. The van der Waals surface area contributed by atoms with E-state index in [4.69, 9.17) is 0 Å². The zero-order valence-corrected chi connectivity index (χ0v) is 10.1. The zero-order valence-electron chi connectivity index (χ0n) is 10.1. The molecule has 1 aromatic rings. The second kappa shape index (κ2) is 4.21. The van der Waals surface area contributed by atoms with E-state index in [2.05, 4.69) is 30.6 Å². The van der Waals surface area contributed by atoms with Crippen molar-refractivity contribution in [2.24, 2.45) is 5.92 Å². The lowest BCUT2D eigenvalue weighted by Gasteiger charge is -2.15. The molecular weight excluding hydrogens is 194 g/mol. The van der Waals surface area contributed by atoms with E-state index in [1.165, 1.54) is 44.1 Å². The van der Waals surface area contributed by atoms with Gasteiger partial charge < -0.3 is 5.32 Å². The molecule has 0 amide bonds. The number of nitrogens with one attached hydrogen (secondary N) is 1. The Balaban J connectivity index is 1.74. The monoisotopic (exact) mass is 215 g/mol. The van der Waals surface area contributed by atoms with E-state index in [1.54, 1.807) is 11.1 Å². The lowest BCUT2D eigenvalue weighted by Crippen LogP contribution is -2.29. The van der Waals surface area contributed by atoms with E-state index in [1.807, 2.05) is 0 Å². The van der Waals surface area contributed by atoms with Gasteiger partial charge in [0.2, 0.25) is 0 Å². The van der Waals surface area contributed by atoms with Crippen LogP contribution >= 0.6 is 0 Å². The number of hydrogen-bond acceptors (Lipinski definition) is 1. The minimum Gasteiger partial charge on any atom is -0.316 e. The highest BCUT2D eigenvalue weighted by Crippen LogP contribution is 2.34. The first-order chi connectivity index (χ1) is 7.86. The molecule has 1 nitrogen and oxygen atoms in total. The summed E-state index contributed by atoms with van der Waals surface area (Å²) in [7, 11) is 2.11. The first-order valence-electron chi connectivity index (χ1n) is 6.65. The SMILES string of the molecule is CNC(Cc1ccc2c(c1)CCC2)C1CC1. The molecular formula is C15H21N. The molecule has 1 aromatic carbocycles. The maximum Gasteiger partial charge on any atom is 0.0133 e.